The van der Waals surface area contributed by atoms with Crippen molar-refractivity contribution >= 4 is 18.3 Å². The molecule has 0 amide bonds. The molecule has 2 rings (SSSR count). The molecule has 0 saturated heterocycles. The molecule has 0 fully saturated rings. The Morgan fingerprint density at radius 1 is 1.14 bits per heavy atom. The van der Waals surface area contributed by atoms with Crippen LogP contribution in [0.3, 0.4) is 0 Å². The number of nitrogens with zero attached hydrogens (tertiary/aromatic N) is 1. The fraction of sp³-hybridized carbons (Fsp3) is 0.333. The fourth-order valence-electron chi connectivity index (χ4n) is 2.05. The molecule has 2 heteroatoms. The summed E-state index contributed by atoms with van der Waals surface area (Å²) in [4.78, 5) is 0. The average molecular weight is 184 g/mol. The summed E-state index contributed by atoms with van der Waals surface area (Å²) in [5.41, 5.74) is 5.37. The van der Waals surface area contributed by atoms with Crippen molar-refractivity contribution in [1.29, 1.82) is 0 Å². The number of aromatic nitrogens is 1. The van der Waals surface area contributed by atoms with E-state index in [0.29, 0.717) is 0 Å². The molecular weight excluding hydrogens is 169 g/mol. The highest BCUT2D eigenvalue weighted by Gasteiger charge is 2.08. The van der Waals surface area contributed by atoms with Gasteiger partial charge in [-0.3, -0.25) is 0 Å². The summed E-state index contributed by atoms with van der Waals surface area (Å²) in [6.45, 7) is 8.58. The smallest absolute Gasteiger partial charge is 0.249 e. The maximum absolute atomic E-state index is 2.26. The Hall–Kier alpha value is -1.18. The summed E-state index contributed by atoms with van der Waals surface area (Å²) in [5, 5.41) is 1.38. The van der Waals surface area contributed by atoms with Gasteiger partial charge in [0.2, 0.25) is 7.41 Å². The first-order valence-electron chi connectivity index (χ1n) is 5.02. The first-order chi connectivity index (χ1) is 6.65. The van der Waals surface area contributed by atoms with Gasteiger partial charge >= 0.3 is 0 Å². The fourth-order valence-corrected chi connectivity index (χ4v) is 2.05. The molecular formula is C12H15BN. The van der Waals surface area contributed by atoms with Crippen LogP contribution < -0.4 is 0 Å². The lowest BCUT2D eigenvalue weighted by molar-refractivity contribution is 1.15. The van der Waals surface area contributed by atoms with E-state index in [0.717, 1.165) is 0 Å². The molecule has 2 aromatic rings. The minimum atomic E-state index is 1.31. The Bertz CT molecular complexity index is 483. The number of hydrogen-bond donors (Lipinski definition) is 0. The molecule has 0 saturated carbocycles. The van der Waals surface area contributed by atoms with Crippen molar-refractivity contribution in [1.82, 2.24) is 4.48 Å². The molecule has 1 aromatic carbocycles. The molecule has 0 aliphatic heterocycles. The van der Waals surface area contributed by atoms with Gasteiger partial charge in [-0.05, 0) is 38.5 Å². The zero-order valence-corrected chi connectivity index (χ0v) is 9.26. The van der Waals surface area contributed by atoms with Gasteiger partial charge in [0, 0.05) is 16.6 Å². The standard InChI is InChI=1S/C12H15BN/c1-8-5-6-12-11(7-8)9(2)10(3)14(12)13-4/h5-7H,1-4H3. The molecule has 0 atom stereocenters. The molecule has 1 nitrogen and oxygen atoms in total. The van der Waals surface area contributed by atoms with E-state index in [4.69, 9.17) is 0 Å². The van der Waals surface area contributed by atoms with E-state index in [2.05, 4.69) is 57.7 Å². The largest absolute Gasteiger partial charge is 0.394 e. The van der Waals surface area contributed by atoms with Crippen LogP contribution in [0.15, 0.2) is 18.2 Å². The highest BCUT2D eigenvalue weighted by Crippen LogP contribution is 2.25. The number of benzene rings is 1. The van der Waals surface area contributed by atoms with Crippen LogP contribution in [-0.4, -0.2) is 11.9 Å². The normalized spacial score (nSPS) is 10.9. The first kappa shape index (κ1) is 9.38. The lowest BCUT2D eigenvalue weighted by Crippen LogP contribution is -2.03. The van der Waals surface area contributed by atoms with Crippen molar-refractivity contribution in [2.75, 3.05) is 0 Å². The summed E-state index contributed by atoms with van der Waals surface area (Å²) in [7, 11) is 2.12. The highest BCUT2D eigenvalue weighted by atomic mass is 14.9. The summed E-state index contributed by atoms with van der Waals surface area (Å²) in [6, 6.07) is 6.63. The van der Waals surface area contributed by atoms with Crippen LogP contribution in [0.4, 0.5) is 0 Å². The van der Waals surface area contributed by atoms with E-state index < -0.39 is 0 Å². The molecule has 1 radical (unpaired) electrons. The van der Waals surface area contributed by atoms with Gasteiger partial charge in [0.1, 0.15) is 0 Å². The summed E-state index contributed by atoms with van der Waals surface area (Å²) in [5.74, 6) is 0. The molecule has 0 unspecified atom stereocenters. The van der Waals surface area contributed by atoms with Crippen molar-refractivity contribution in [3.63, 3.8) is 0 Å². The van der Waals surface area contributed by atoms with E-state index in [1.807, 2.05) is 0 Å². The zero-order chi connectivity index (χ0) is 10.3. The minimum Gasteiger partial charge on any atom is -0.394 e. The molecule has 0 aliphatic carbocycles. The molecule has 0 aliphatic rings. The van der Waals surface area contributed by atoms with Crippen LogP contribution >= 0.6 is 0 Å². The molecule has 0 N–H and O–H groups in total. The highest BCUT2D eigenvalue weighted by molar-refractivity contribution is 6.34. The van der Waals surface area contributed by atoms with E-state index in [9.17, 15) is 0 Å². The third-order valence-electron chi connectivity index (χ3n) is 2.98. The van der Waals surface area contributed by atoms with Crippen molar-refractivity contribution in [2.24, 2.45) is 0 Å². The second-order valence-corrected chi connectivity index (χ2v) is 3.86. The number of rotatable bonds is 1. The van der Waals surface area contributed by atoms with Crippen molar-refractivity contribution < 1.29 is 0 Å². The Morgan fingerprint density at radius 3 is 2.50 bits per heavy atom. The van der Waals surface area contributed by atoms with E-state index in [1.165, 1.54) is 27.7 Å². The van der Waals surface area contributed by atoms with Gasteiger partial charge in [0.05, 0.1) is 0 Å². The van der Waals surface area contributed by atoms with Gasteiger partial charge < -0.3 is 4.48 Å². The third kappa shape index (κ3) is 1.17. The van der Waals surface area contributed by atoms with Gasteiger partial charge in [0.25, 0.3) is 0 Å². The second kappa shape index (κ2) is 3.20. The summed E-state index contributed by atoms with van der Waals surface area (Å²) in [6.07, 6.45) is 0. The number of hydrogen-bond acceptors (Lipinski definition) is 0. The molecule has 14 heavy (non-hydrogen) atoms. The predicted octanol–water partition coefficient (Wildman–Crippen LogP) is 3.08. The topological polar surface area (TPSA) is 4.93 Å². The molecule has 1 aromatic heterocycles. The molecule has 0 spiro atoms. The Kier molecular flexibility index (Phi) is 2.14. The summed E-state index contributed by atoms with van der Waals surface area (Å²) >= 11 is 0. The van der Waals surface area contributed by atoms with Gasteiger partial charge in [-0.1, -0.05) is 18.5 Å². The average Bonchev–Trinajstić information content (AvgIpc) is 2.41. The van der Waals surface area contributed by atoms with Gasteiger partial charge in [-0.15, -0.1) is 0 Å². The van der Waals surface area contributed by atoms with Gasteiger partial charge in [-0.25, -0.2) is 0 Å². The number of fused-ring (bicyclic) bond motifs is 1. The maximum Gasteiger partial charge on any atom is 0.249 e. The van der Waals surface area contributed by atoms with Crippen LogP contribution in [0.2, 0.25) is 6.82 Å². The summed E-state index contributed by atoms with van der Waals surface area (Å²) < 4.78 is 2.25. The predicted molar refractivity (Wildman–Crippen MR) is 63.2 cm³/mol. The van der Waals surface area contributed by atoms with Crippen LogP contribution in [0.25, 0.3) is 10.9 Å². The van der Waals surface area contributed by atoms with Crippen molar-refractivity contribution in [3.05, 3.63) is 35.0 Å². The number of aryl methyl sites for hydroxylation is 2. The first-order valence-corrected chi connectivity index (χ1v) is 5.02. The lowest BCUT2D eigenvalue weighted by atomic mass is 9.98. The lowest BCUT2D eigenvalue weighted by Gasteiger charge is -2.02. The van der Waals surface area contributed by atoms with Gasteiger partial charge in [0.15, 0.2) is 0 Å². The Morgan fingerprint density at radius 2 is 1.86 bits per heavy atom. The van der Waals surface area contributed by atoms with E-state index >= 15 is 0 Å². The SMILES string of the molecule is C[B]n1c(C)c(C)c2cc(C)ccc21. The second-order valence-electron chi connectivity index (χ2n) is 3.86. The van der Waals surface area contributed by atoms with Crippen LogP contribution in [0, 0.1) is 20.8 Å². The minimum absolute atomic E-state index is 1.31. The third-order valence-corrected chi connectivity index (χ3v) is 2.98. The monoisotopic (exact) mass is 184 g/mol. The Labute approximate surface area is 86.0 Å². The van der Waals surface area contributed by atoms with Crippen molar-refractivity contribution in [3.8, 4) is 0 Å². The van der Waals surface area contributed by atoms with Crippen LogP contribution in [0.1, 0.15) is 16.8 Å². The van der Waals surface area contributed by atoms with Gasteiger partial charge in [-0.2, -0.15) is 0 Å². The van der Waals surface area contributed by atoms with E-state index in [-0.39, 0.29) is 0 Å². The van der Waals surface area contributed by atoms with Crippen molar-refractivity contribution in [2.45, 2.75) is 27.6 Å². The van der Waals surface area contributed by atoms with Crippen LogP contribution in [0.5, 0.6) is 0 Å². The molecule has 1 heterocycles. The zero-order valence-electron chi connectivity index (χ0n) is 9.26. The maximum atomic E-state index is 2.26. The molecule has 71 valence electrons. The quantitative estimate of drug-likeness (QED) is 0.600. The molecule has 0 bridgehead atoms. The Balaban J connectivity index is 2.88. The van der Waals surface area contributed by atoms with Crippen LogP contribution in [-0.2, 0) is 0 Å². The van der Waals surface area contributed by atoms with E-state index in [1.54, 1.807) is 0 Å².